The van der Waals surface area contributed by atoms with Crippen LogP contribution in [-0.2, 0) is 0 Å². The molecule has 104 valence electrons. The van der Waals surface area contributed by atoms with Crippen LogP contribution in [0.15, 0.2) is 24.3 Å². The van der Waals surface area contributed by atoms with Gasteiger partial charge in [-0.05, 0) is 37.1 Å². The van der Waals surface area contributed by atoms with Gasteiger partial charge in [-0.25, -0.2) is 0 Å². The highest BCUT2D eigenvalue weighted by Gasteiger charge is 2.25. The zero-order chi connectivity index (χ0) is 14.6. The van der Waals surface area contributed by atoms with E-state index in [4.69, 9.17) is 5.73 Å². The van der Waals surface area contributed by atoms with E-state index in [2.05, 4.69) is 5.32 Å². The van der Waals surface area contributed by atoms with E-state index in [-0.39, 0.29) is 18.4 Å². The highest BCUT2D eigenvalue weighted by molar-refractivity contribution is 5.97. The first kappa shape index (κ1) is 15.2. The molecule has 0 aliphatic carbocycles. The summed E-state index contributed by atoms with van der Waals surface area (Å²) in [6, 6.07) is 6.05. The number of nitrogens with two attached hydrogens (primary N) is 1. The van der Waals surface area contributed by atoms with Gasteiger partial charge < -0.3 is 16.2 Å². The molecule has 0 aromatic heterocycles. The van der Waals surface area contributed by atoms with Gasteiger partial charge in [-0.3, -0.25) is 9.59 Å². The fourth-order valence-corrected chi connectivity index (χ4v) is 1.35. The monoisotopic (exact) mass is 264 g/mol. The topological polar surface area (TPSA) is 92.4 Å². The molecule has 0 heterocycles. The van der Waals surface area contributed by atoms with Crippen LogP contribution in [0.5, 0.6) is 0 Å². The smallest absolute Gasteiger partial charge is 0.251 e. The summed E-state index contributed by atoms with van der Waals surface area (Å²) in [6.45, 7) is 5.61. The predicted molar refractivity (Wildman–Crippen MR) is 72.8 cm³/mol. The Kier molecular flexibility index (Phi) is 4.67. The van der Waals surface area contributed by atoms with Crippen LogP contribution >= 0.6 is 0 Å². The molecule has 4 N–H and O–H groups in total. The Bertz CT molecular complexity index is 464. The first-order chi connectivity index (χ1) is 8.74. The van der Waals surface area contributed by atoms with Crippen molar-refractivity contribution in [1.82, 2.24) is 5.32 Å². The average molecular weight is 264 g/mol. The van der Waals surface area contributed by atoms with Crippen LogP contribution in [0.25, 0.3) is 0 Å². The Morgan fingerprint density at radius 2 is 1.74 bits per heavy atom. The molecular formula is C14H20N2O3. The van der Waals surface area contributed by atoms with Crippen molar-refractivity contribution in [2.45, 2.75) is 26.4 Å². The van der Waals surface area contributed by atoms with E-state index in [1.807, 2.05) is 13.8 Å². The van der Waals surface area contributed by atoms with Crippen molar-refractivity contribution in [2.24, 2.45) is 11.7 Å². The summed E-state index contributed by atoms with van der Waals surface area (Å²) in [4.78, 5) is 22.8. The summed E-state index contributed by atoms with van der Waals surface area (Å²) in [5, 5.41) is 12.7. The van der Waals surface area contributed by atoms with Crippen LogP contribution in [0.4, 0.5) is 0 Å². The number of hydrogen-bond donors (Lipinski definition) is 3. The second-order valence-corrected chi connectivity index (χ2v) is 5.14. The number of nitrogens with one attached hydrogen (secondary N) is 1. The summed E-state index contributed by atoms with van der Waals surface area (Å²) in [7, 11) is 0. The van der Waals surface area contributed by atoms with Gasteiger partial charge in [0.1, 0.15) is 0 Å². The summed E-state index contributed by atoms with van der Waals surface area (Å²) in [5.41, 5.74) is 4.93. The molecule has 5 heteroatoms. The lowest BCUT2D eigenvalue weighted by Gasteiger charge is -2.27. The van der Waals surface area contributed by atoms with Crippen LogP contribution in [0.2, 0.25) is 0 Å². The zero-order valence-corrected chi connectivity index (χ0v) is 11.4. The quantitative estimate of drug-likeness (QED) is 0.738. The average Bonchev–Trinajstić information content (AvgIpc) is 2.36. The predicted octanol–water partition coefficient (Wildman–Crippen LogP) is 0.922. The SMILES string of the molecule is CC(C)C(C)(O)CNC(=O)c1ccc(C(N)=O)cc1. The maximum Gasteiger partial charge on any atom is 0.251 e. The van der Waals surface area contributed by atoms with E-state index in [0.29, 0.717) is 11.1 Å². The van der Waals surface area contributed by atoms with Crippen LogP contribution in [0.3, 0.4) is 0 Å². The first-order valence-electron chi connectivity index (χ1n) is 6.14. The standard InChI is InChI=1S/C14H20N2O3/c1-9(2)14(3,19)8-16-13(18)11-6-4-10(5-7-11)12(15)17/h4-7,9,19H,8H2,1-3H3,(H2,15,17)(H,16,18). The van der Waals surface area contributed by atoms with Gasteiger partial charge in [0.15, 0.2) is 0 Å². The van der Waals surface area contributed by atoms with Gasteiger partial charge in [0, 0.05) is 17.7 Å². The number of amides is 2. The van der Waals surface area contributed by atoms with E-state index < -0.39 is 11.5 Å². The third kappa shape index (κ3) is 4.06. The molecule has 19 heavy (non-hydrogen) atoms. The minimum absolute atomic E-state index is 0.0324. The number of carbonyl (C=O) groups excluding carboxylic acids is 2. The van der Waals surface area contributed by atoms with E-state index in [1.165, 1.54) is 24.3 Å². The molecule has 0 bridgehead atoms. The normalized spacial score (nSPS) is 13.9. The Morgan fingerprint density at radius 3 is 2.16 bits per heavy atom. The van der Waals surface area contributed by atoms with Crippen molar-refractivity contribution in [1.29, 1.82) is 0 Å². The molecule has 0 saturated carbocycles. The molecule has 1 aromatic carbocycles. The van der Waals surface area contributed by atoms with Crippen LogP contribution in [0, 0.1) is 5.92 Å². The van der Waals surface area contributed by atoms with Crippen molar-refractivity contribution >= 4 is 11.8 Å². The summed E-state index contributed by atoms with van der Waals surface area (Å²) in [5.74, 6) is -0.795. The van der Waals surface area contributed by atoms with E-state index in [1.54, 1.807) is 6.92 Å². The van der Waals surface area contributed by atoms with Crippen molar-refractivity contribution in [3.05, 3.63) is 35.4 Å². The van der Waals surface area contributed by atoms with Crippen LogP contribution in [-0.4, -0.2) is 29.1 Å². The minimum Gasteiger partial charge on any atom is -0.388 e. The maximum atomic E-state index is 11.9. The molecule has 5 nitrogen and oxygen atoms in total. The fourth-order valence-electron chi connectivity index (χ4n) is 1.35. The third-order valence-corrected chi connectivity index (χ3v) is 3.28. The molecule has 1 atom stereocenters. The lowest BCUT2D eigenvalue weighted by atomic mass is 9.92. The van der Waals surface area contributed by atoms with E-state index in [0.717, 1.165) is 0 Å². The summed E-state index contributed by atoms with van der Waals surface area (Å²) >= 11 is 0. The van der Waals surface area contributed by atoms with Crippen LogP contribution in [0.1, 0.15) is 41.5 Å². The molecule has 0 fully saturated rings. The maximum absolute atomic E-state index is 11.9. The van der Waals surface area contributed by atoms with Gasteiger partial charge in [-0.2, -0.15) is 0 Å². The number of hydrogen-bond acceptors (Lipinski definition) is 3. The molecule has 1 unspecified atom stereocenters. The van der Waals surface area contributed by atoms with Gasteiger partial charge >= 0.3 is 0 Å². The lowest BCUT2D eigenvalue weighted by molar-refractivity contribution is 0.0142. The number of benzene rings is 1. The Balaban J connectivity index is 2.66. The highest BCUT2D eigenvalue weighted by Crippen LogP contribution is 2.14. The van der Waals surface area contributed by atoms with Gasteiger partial charge in [0.05, 0.1) is 5.60 Å². The van der Waals surface area contributed by atoms with Crippen LogP contribution < -0.4 is 11.1 Å². The number of carbonyl (C=O) groups is 2. The minimum atomic E-state index is -0.956. The zero-order valence-electron chi connectivity index (χ0n) is 11.4. The molecule has 1 aromatic rings. The molecule has 0 aliphatic heterocycles. The van der Waals surface area contributed by atoms with E-state index in [9.17, 15) is 14.7 Å². The van der Waals surface area contributed by atoms with Gasteiger partial charge in [-0.1, -0.05) is 13.8 Å². The molecule has 0 saturated heterocycles. The van der Waals surface area contributed by atoms with Crippen molar-refractivity contribution in [2.75, 3.05) is 6.54 Å². The molecule has 1 rings (SSSR count). The van der Waals surface area contributed by atoms with Crippen molar-refractivity contribution in [3.8, 4) is 0 Å². The Morgan fingerprint density at radius 1 is 1.26 bits per heavy atom. The lowest BCUT2D eigenvalue weighted by Crippen LogP contribution is -2.44. The molecule has 0 aliphatic rings. The number of primary amides is 1. The van der Waals surface area contributed by atoms with Gasteiger partial charge in [0.2, 0.25) is 5.91 Å². The third-order valence-electron chi connectivity index (χ3n) is 3.28. The Labute approximate surface area is 112 Å². The largest absolute Gasteiger partial charge is 0.388 e. The second-order valence-electron chi connectivity index (χ2n) is 5.14. The summed E-state index contributed by atoms with van der Waals surface area (Å²) in [6.07, 6.45) is 0. The van der Waals surface area contributed by atoms with Crippen molar-refractivity contribution in [3.63, 3.8) is 0 Å². The first-order valence-corrected chi connectivity index (χ1v) is 6.14. The van der Waals surface area contributed by atoms with Gasteiger partial charge in [-0.15, -0.1) is 0 Å². The van der Waals surface area contributed by atoms with Crippen molar-refractivity contribution < 1.29 is 14.7 Å². The van der Waals surface area contributed by atoms with E-state index >= 15 is 0 Å². The molecule has 0 spiro atoms. The molecule has 0 radical (unpaired) electrons. The second kappa shape index (κ2) is 5.84. The van der Waals surface area contributed by atoms with Gasteiger partial charge in [0.25, 0.3) is 5.91 Å². The number of aliphatic hydroxyl groups is 1. The fraction of sp³-hybridized carbons (Fsp3) is 0.429. The number of rotatable bonds is 5. The molecular weight excluding hydrogens is 244 g/mol. The summed E-state index contributed by atoms with van der Waals surface area (Å²) < 4.78 is 0. The highest BCUT2D eigenvalue weighted by atomic mass is 16.3. The Hall–Kier alpha value is -1.88. The molecule has 2 amide bonds.